The molecule has 5 heteroatoms. The number of nitrogen functional groups attached to an aromatic ring is 1. The highest BCUT2D eigenvalue weighted by molar-refractivity contribution is 7.89. The van der Waals surface area contributed by atoms with Crippen LogP contribution in [0.5, 0.6) is 0 Å². The molecule has 0 aromatic heterocycles. The number of para-hydroxylation sites is 1. The summed E-state index contributed by atoms with van der Waals surface area (Å²) in [5.74, 6) is 0.494. The van der Waals surface area contributed by atoms with Crippen molar-refractivity contribution >= 4 is 15.7 Å². The molecule has 3 N–H and O–H groups in total. The Balaban J connectivity index is 2.12. The number of nitrogens with one attached hydrogen (secondary N) is 1. The lowest BCUT2D eigenvalue weighted by Crippen LogP contribution is -2.33. The van der Waals surface area contributed by atoms with Crippen LogP contribution in [-0.2, 0) is 10.0 Å². The summed E-state index contributed by atoms with van der Waals surface area (Å²) < 4.78 is 27.0. The Bertz CT molecular complexity index is 534. The van der Waals surface area contributed by atoms with Crippen LogP contribution in [0.3, 0.4) is 0 Å². The largest absolute Gasteiger partial charge is 0.398 e. The Morgan fingerprint density at radius 1 is 1.33 bits per heavy atom. The Kier molecular flexibility index (Phi) is 3.38. The van der Waals surface area contributed by atoms with Gasteiger partial charge in [-0.15, -0.1) is 0 Å². The van der Waals surface area contributed by atoms with Crippen molar-refractivity contribution < 1.29 is 8.42 Å². The molecule has 1 fully saturated rings. The molecule has 2 rings (SSSR count). The third kappa shape index (κ3) is 2.52. The first-order valence-corrected chi connectivity index (χ1v) is 7.70. The predicted octanol–water partition coefficient (Wildman–Crippen LogP) is 1.98. The minimum Gasteiger partial charge on any atom is -0.398 e. The van der Waals surface area contributed by atoms with Gasteiger partial charge in [-0.25, -0.2) is 13.1 Å². The molecule has 0 amide bonds. The van der Waals surface area contributed by atoms with Gasteiger partial charge in [-0.1, -0.05) is 26.0 Å². The summed E-state index contributed by atoms with van der Waals surface area (Å²) in [5, 5.41) is 0. The second-order valence-corrected chi connectivity index (χ2v) is 7.11. The van der Waals surface area contributed by atoms with Gasteiger partial charge in [0.2, 0.25) is 10.0 Å². The zero-order chi connectivity index (χ0) is 13.4. The molecule has 1 aromatic rings. The molecule has 0 aliphatic heterocycles. The molecule has 0 heterocycles. The van der Waals surface area contributed by atoms with Gasteiger partial charge in [0.15, 0.2) is 0 Å². The number of sulfonamides is 1. The fraction of sp³-hybridized carbons (Fsp3) is 0.538. The highest BCUT2D eigenvalue weighted by Gasteiger charge is 2.45. The molecule has 0 saturated heterocycles. The van der Waals surface area contributed by atoms with Crippen LogP contribution in [0.25, 0.3) is 0 Å². The van der Waals surface area contributed by atoms with Gasteiger partial charge in [0.25, 0.3) is 0 Å². The first-order valence-electron chi connectivity index (χ1n) is 6.22. The predicted molar refractivity (Wildman–Crippen MR) is 72.5 cm³/mol. The summed E-state index contributed by atoms with van der Waals surface area (Å²) >= 11 is 0. The van der Waals surface area contributed by atoms with E-state index < -0.39 is 10.0 Å². The van der Waals surface area contributed by atoms with Crippen LogP contribution >= 0.6 is 0 Å². The Labute approximate surface area is 109 Å². The van der Waals surface area contributed by atoms with E-state index in [0.29, 0.717) is 18.2 Å². The lowest BCUT2D eigenvalue weighted by atomic mass is 9.93. The van der Waals surface area contributed by atoms with E-state index in [9.17, 15) is 8.42 Å². The van der Waals surface area contributed by atoms with E-state index in [-0.39, 0.29) is 10.3 Å². The minimum absolute atomic E-state index is 0.149. The average Bonchev–Trinajstić information content (AvgIpc) is 3.08. The smallest absolute Gasteiger partial charge is 0.242 e. The topological polar surface area (TPSA) is 72.2 Å². The molecule has 1 aliphatic carbocycles. The summed E-state index contributed by atoms with van der Waals surface area (Å²) in [6, 6.07) is 6.54. The van der Waals surface area contributed by atoms with Gasteiger partial charge in [0.1, 0.15) is 4.90 Å². The molecule has 0 radical (unpaired) electrons. The van der Waals surface area contributed by atoms with Crippen molar-refractivity contribution in [2.24, 2.45) is 11.3 Å². The second-order valence-electron chi connectivity index (χ2n) is 5.38. The normalized spacial score (nSPS) is 17.9. The highest BCUT2D eigenvalue weighted by atomic mass is 32.2. The van der Waals surface area contributed by atoms with Crippen LogP contribution in [0.2, 0.25) is 0 Å². The highest BCUT2D eigenvalue weighted by Crippen LogP contribution is 2.51. The van der Waals surface area contributed by atoms with E-state index in [1.165, 1.54) is 6.07 Å². The van der Waals surface area contributed by atoms with Crippen molar-refractivity contribution in [3.8, 4) is 0 Å². The number of benzene rings is 1. The fourth-order valence-electron chi connectivity index (χ4n) is 2.16. The third-order valence-electron chi connectivity index (χ3n) is 3.94. The van der Waals surface area contributed by atoms with Crippen LogP contribution in [0, 0.1) is 11.3 Å². The van der Waals surface area contributed by atoms with Crippen molar-refractivity contribution in [1.82, 2.24) is 4.72 Å². The average molecular weight is 268 g/mol. The zero-order valence-electron chi connectivity index (χ0n) is 10.8. The lowest BCUT2D eigenvalue weighted by molar-refractivity contribution is 0.357. The molecule has 0 atom stereocenters. The molecule has 1 aliphatic rings. The monoisotopic (exact) mass is 268 g/mol. The number of hydrogen-bond donors (Lipinski definition) is 2. The van der Waals surface area contributed by atoms with Crippen LogP contribution in [0.4, 0.5) is 5.69 Å². The number of nitrogens with two attached hydrogens (primary N) is 1. The quantitative estimate of drug-likeness (QED) is 0.802. The summed E-state index contributed by atoms with van der Waals surface area (Å²) in [6.07, 6.45) is 2.19. The van der Waals surface area contributed by atoms with E-state index in [2.05, 4.69) is 18.6 Å². The molecule has 1 aromatic carbocycles. The van der Waals surface area contributed by atoms with E-state index in [0.717, 1.165) is 12.8 Å². The molecule has 0 unspecified atom stereocenters. The number of anilines is 1. The van der Waals surface area contributed by atoms with Crippen molar-refractivity contribution in [2.45, 2.75) is 31.6 Å². The van der Waals surface area contributed by atoms with E-state index in [1.54, 1.807) is 18.2 Å². The summed E-state index contributed by atoms with van der Waals surface area (Å²) in [5.41, 5.74) is 6.14. The summed E-state index contributed by atoms with van der Waals surface area (Å²) in [6.45, 7) is 4.78. The van der Waals surface area contributed by atoms with Gasteiger partial charge < -0.3 is 5.73 Å². The molecular weight excluding hydrogens is 248 g/mol. The lowest BCUT2D eigenvalue weighted by Gasteiger charge is -2.20. The summed E-state index contributed by atoms with van der Waals surface area (Å²) in [4.78, 5) is 0.171. The number of rotatable bonds is 5. The standard InChI is InChI=1S/C13H20N2O2S/c1-10(2)13(7-8-13)9-15-18(16,17)12-6-4-3-5-11(12)14/h3-6,10,15H,7-9,14H2,1-2H3. The van der Waals surface area contributed by atoms with Gasteiger partial charge in [0.05, 0.1) is 5.69 Å². The van der Waals surface area contributed by atoms with Gasteiger partial charge in [-0.05, 0) is 36.3 Å². The molecule has 100 valence electrons. The maximum absolute atomic E-state index is 12.2. The van der Waals surface area contributed by atoms with Crippen molar-refractivity contribution in [2.75, 3.05) is 12.3 Å². The molecule has 0 bridgehead atoms. The van der Waals surface area contributed by atoms with Crippen molar-refractivity contribution in [3.63, 3.8) is 0 Å². The van der Waals surface area contributed by atoms with Gasteiger partial charge in [-0.3, -0.25) is 0 Å². The maximum atomic E-state index is 12.2. The van der Waals surface area contributed by atoms with E-state index in [4.69, 9.17) is 5.73 Å². The van der Waals surface area contributed by atoms with Gasteiger partial charge in [0, 0.05) is 6.54 Å². The van der Waals surface area contributed by atoms with Crippen molar-refractivity contribution in [1.29, 1.82) is 0 Å². The first kappa shape index (κ1) is 13.4. The van der Waals surface area contributed by atoms with E-state index >= 15 is 0 Å². The van der Waals surface area contributed by atoms with Crippen molar-refractivity contribution in [3.05, 3.63) is 24.3 Å². The number of hydrogen-bond acceptors (Lipinski definition) is 3. The molecule has 0 spiro atoms. The van der Waals surface area contributed by atoms with Crippen LogP contribution in [0.1, 0.15) is 26.7 Å². The molecule has 1 saturated carbocycles. The molecule has 18 heavy (non-hydrogen) atoms. The fourth-order valence-corrected chi connectivity index (χ4v) is 3.43. The SMILES string of the molecule is CC(C)C1(CNS(=O)(=O)c2ccccc2N)CC1. The Morgan fingerprint density at radius 2 is 1.94 bits per heavy atom. The molecular formula is C13H20N2O2S. The summed E-state index contributed by atoms with van der Waals surface area (Å²) in [7, 11) is -3.49. The van der Waals surface area contributed by atoms with Crippen LogP contribution < -0.4 is 10.5 Å². The minimum atomic E-state index is -3.49. The van der Waals surface area contributed by atoms with E-state index in [1.807, 2.05) is 0 Å². The first-order chi connectivity index (χ1) is 8.37. The molecule has 4 nitrogen and oxygen atoms in total. The van der Waals surface area contributed by atoms with Gasteiger partial charge in [-0.2, -0.15) is 0 Å². The third-order valence-corrected chi connectivity index (χ3v) is 5.41. The Morgan fingerprint density at radius 3 is 2.44 bits per heavy atom. The van der Waals surface area contributed by atoms with Crippen LogP contribution in [0.15, 0.2) is 29.2 Å². The van der Waals surface area contributed by atoms with Crippen LogP contribution in [-0.4, -0.2) is 15.0 Å². The maximum Gasteiger partial charge on any atom is 0.242 e. The zero-order valence-corrected chi connectivity index (χ0v) is 11.6. The van der Waals surface area contributed by atoms with Gasteiger partial charge >= 0.3 is 0 Å². The Hall–Kier alpha value is -1.07. The second kappa shape index (κ2) is 4.55.